The highest BCUT2D eigenvalue weighted by Gasteiger charge is 2.40. The van der Waals surface area contributed by atoms with E-state index in [0.717, 1.165) is 42.2 Å². The van der Waals surface area contributed by atoms with Gasteiger partial charge in [0.2, 0.25) is 0 Å². The number of hydrogen-bond donors (Lipinski definition) is 0. The monoisotopic (exact) mass is 409 g/mol. The van der Waals surface area contributed by atoms with Gasteiger partial charge >= 0.3 is 0 Å². The van der Waals surface area contributed by atoms with Crippen LogP contribution in [0.15, 0.2) is 48.4 Å². The van der Waals surface area contributed by atoms with Gasteiger partial charge in [-0.2, -0.15) is 0 Å². The average Bonchev–Trinajstić information content (AvgIpc) is 3.25. The molecule has 1 aromatic rings. The number of rotatable bonds is 7. The molecule has 0 atom stereocenters. The third-order valence-corrected chi connectivity index (χ3v) is 7.54. The van der Waals surface area contributed by atoms with Crippen molar-refractivity contribution < 1.29 is 0 Å². The van der Waals surface area contributed by atoms with Crippen molar-refractivity contribution in [3.63, 3.8) is 0 Å². The number of allylic oxidation sites excluding steroid dienone is 1. The van der Waals surface area contributed by atoms with E-state index in [4.69, 9.17) is 0 Å². The molecule has 2 aliphatic heterocycles. The summed E-state index contributed by atoms with van der Waals surface area (Å²) in [6.07, 6.45) is 7.29. The number of nitrogens with zero attached hydrogens (tertiary/aromatic N) is 3. The quantitative estimate of drug-likeness (QED) is 0.447. The summed E-state index contributed by atoms with van der Waals surface area (Å²) in [6, 6.07) is 0. The maximum atomic E-state index is 4.61. The first-order chi connectivity index (χ1) is 13.6. The van der Waals surface area contributed by atoms with Crippen LogP contribution in [0.25, 0.3) is 5.70 Å². The van der Waals surface area contributed by atoms with Gasteiger partial charge in [-0.1, -0.05) is 45.2 Å². The van der Waals surface area contributed by atoms with E-state index in [1.165, 1.54) is 27.4 Å². The van der Waals surface area contributed by atoms with Gasteiger partial charge in [0.05, 0.1) is 16.1 Å². The minimum absolute atomic E-state index is 0.261. The Balaban J connectivity index is 2.10. The number of hydrogen-bond acceptors (Lipinski definition) is 4. The molecule has 0 spiro atoms. The van der Waals surface area contributed by atoms with Crippen LogP contribution >= 0.6 is 11.3 Å². The van der Waals surface area contributed by atoms with Crippen molar-refractivity contribution in [1.82, 2.24) is 4.90 Å². The fourth-order valence-electron chi connectivity index (χ4n) is 4.06. The number of fused-ring (bicyclic) bond motifs is 1. The minimum Gasteiger partial charge on any atom is -0.319 e. The molecule has 0 saturated carbocycles. The first-order valence-electron chi connectivity index (χ1n) is 10.5. The lowest BCUT2D eigenvalue weighted by Gasteiger charge is -2.49. The predicted octanol–water partition coefficient (Wildman–Crippen LogP) is 7.12. The lowest BCUT2D eigenvalue weighted by atomic mass is 9.91. The van der Waals surface area contributed by atoms with Crippen LogP contribution in [0, 0.1) is 12.8 Å². The molecule has 0 N–H and O–H groups in total. The van der Waals surface area contributed by atoms with E-state index in [9.17, 15) is 0 Å². The normalized spacial score (nSPS) is 16.7. The summed E-state index contributed by atoms with van der Waals surface area (Å²) in [7, 11) is 0. The Bertz CT molecular complexity index is 911. The van der Waals surface area contributed by atoms with Gasteiger partial charge < -0.3 is 9.80 Å². The Hall–Kier alpha value is -2.07. The Morgan fingerprint density at radius 3 is 2.55 bits per heavy atom. The molecule has 29 heavy (non-hydrogen) atoms. The van der Waals surface area contributed by atoms with E-state index >= 15 is 0 Å². The van der Waals surface area contributed by atoms with Crippen LogP contribution in [0.1, 0.15) is 69.9 Å². The maximum absolute atomic E-state index is 4.61. The topological polar surface area (TPSA) is 18.8 Å². The van der Waals surface area contributed by atoms with Crippen molar-refractivity contribution in [3.8, 4) is 0 Å². The Kier molecular flexibility index (Phi) is 5.96. The first kappa shape index (κ1) is 21.6. The van der Waals surface area contributed by atoms with Gasteiger partial charge in [0.25, 0.3) is 0 Å². The number of thiophene rings is 1. The molecule has 3 heterocycles. The smallest absolute Gasteiger partial charge is 0.107 e. The van der Waals surface area contributed by atoms with E-state index in [0.29, 0.717) is 5.92 Å². The summed E-state index contributed by atoms with van der Waals surface area (Å²) in [4.78, 5) is 10.6. The average molecular weight is 410 g/mol. The second kappa shape index (κ2) is 7.98. The van der Waals surface area contributed by atoms with Gasteiger partial charge in [0, 0.05) is 30.4 Å². The van der Waals surface area contributed by atoms with Crippen LogP contribution < -0.4 is 4.90 Å². The van der Waals surface area contributed by atoms with Gasteiger partial charge in [0.15, 0.2) is 0 Å². The molecule has 0 aromatic carbocycles. The highest BCUT2D eigenvalue weighted by atomic mass is 32.1. The van der Waals surface area contributed by atoms with Crippen LogP contribution in [-0.4, -0.2) is 22.7 Å². The van der Waals surface area contributed by atoms with E-state index < -0.39 is 0 Å². The van der Waals surface area contributed by atoms with Gasteiger partial charge in [-0.3, -0.25) is 4.99 Å². The van der Waals surface area contributed by atoms with Crippen LogP contribution in [0.3, 0.4) is 0 Å². The molecule has 156 valence electrons. The zero-order chi connectivity index (χ0) is 21.5. The molecule has 0 amide bonds. The summed E-state index contributed by atoms with van der Waals surface area (Å²) < 4.78 is 0. The van der Waals surface area contributed by atoms with Crippen LogP contribution in [0.2, 0.25) is 0 Å². The number of anilines is 1. The number of aliphatic imine (C=N–C) groups is 1. The molecule has 0 aliphatic carbocycles. The fraction of sp³-hybridized carbons (Fsp3) is 0.480. The van der Waals surface area contributed by atoms with Crippen LogP contribution in [0.4, 0.5) is 5.00 Å². The molecular weight excluding hydrogens is 374 g/mol. The van der Waals surface area contributed by atoms with Gasteiger partial charge in [-0.25, -0.2) is 0 Å². The molecule has 2 aliphatic rings. The summed E-state index contributed by atoms with van der Waals surface area (Å²) in [5, 5.41) is 1.26. The predicted molar refractivity (Wildman–Crippen MR) is 130 cm³/mol. The minimum atomic E-state index is -0.261. The van der Waals surface area contributed by atoms with E-state index in [1.54, 1.807) is 0 Å². The molecule has 0 fully saturated rings. The molecule has 3 rings (SSSR count). The third kappa shape index (κ3) is 3.75. The second-order valence-electron chi connectivity index (χ2n) is 9.13. The van der Waals surface area contributed by atoms with Crippen molar-refractivity contribution in [2.75, 3.05) is 11.4 Å². The Morgan fingerprint density at radius 1 is 1.31 bits per heavy atom. The zero-order valence-electron chi connectivity index (χ0n) is 18.9. The standard InChI is InChI=1S/C25H35N3S/c1-16(2)12-11-15-27-20(7)28(25(8,9)17(3)4)19(6)22-18(5)23(29-24(22)27)21-13-10-14-26-21/h10,14,16H,3,6-7,11-13,15H2,1-2,4-5,8-9H3. The molecule has 0 unspecified atom stereocenters. The highest BCUT2D eigenvalue weighted by Crippen LogP contribution is 2.50. The van der Waals surface area contributed by atoms with Crippen LogP contribution in [0.5, 0.6) is 0 Å². The van der Waals surface area contributed by atoms with E-state index in [2.05, 4.69) is 82.1 Å². The van der Waals surface area contributed by atoms with Crippen molar-refractivity contribution in [2.45, 2.75) is 66.3 Å². The largest absolute Gasteiger partial charge is 0.319 e. The molecule has 4 heteroatoms. The molecule has 3 nitrogen and oxygen atoms in total. The third-order valence-electron chi connectivity index (χ3n) is 6.18. The fourth-order valence-corrected chi connectivity index (χ4v) is 5.44. The summed E-state index contributed by atoms with van der Waals surface area (Å²) in [6.45, 7) is 27.6. The molecule has 0 radical (unpaired) electrons. The van der Waals surface area contributed by atoms with Crippen molar-refractivity contribution in [3.05, 3.63) is 59.4 Å². The summed E-state index contributed by atoms with van der Waals surface area (Å²) in [5.41, 5.74) is 5.54. The lowest BCUT2D eigenvalue weighted by molar-refractivity contribution is 0.284. The van der Waals surface area contributed by atoms with Gasteiger partial charge in [0.1, 0.15) is 10.8 Å². The van der Waals surface area contributed by atoms with Crippen LogP contribution in [-0.2, 0) is 0 Å². The summed E-state index contributed by atoms with van der Waals surface area (Å²) in [5.74, 6) is 1.70. The highest BCUT2D eigenvalue weighted by molar-refractivity contribution is 7.18. The molecule has 0 bridgehead atoms. The van der Waals surface area contributed by atoms with E-state index in [1.807, 2.05) is 17.5 Å². The Morgan fingerprint density at radius 2 is 2.00 bits per heavy atom. The molecule has 1 aromatic heterocycles. The lowest BCUT2D eigenvalue weighted by Crippen LogP contribution is -2.49. The van der Waals surface area contributed by atoms with Gasteiger partial charge in [-0.15, -0.1) is 11.3 Å². The SMILES string of the molecule is C=C1c2c(sc(C3=NC=CC3)c2C)N(CCCC(C)C)C(=C)N1C(C)(C)C(=C)C. The van der Waals surface area contributed by atoms with Crippen molar-refractivity contribution in [2.24, 2.45) is 10.9 Å². The van der Waals surface area contributed by atoms with Crippen molar-refractivity contribution in [1.29, 1.82) is 0 Å². The molecule has 0 saturated heterocycles. The van der Waals surface area contributed by atoms with E-state index in [-0.39, 0.29) is 5.54 Å². The Labute approximate surface area is 180 Å². The van der Waals surface area contributed by atoms with Gasteiger partial charge in [-0.05, 0) is 52.0 Å². The zero-order valence-corrected chi connectivity index (χ0v) is 19.7. The molecular formula is C25H35N3S. The maximum Gasteiger partial charge on any atom is 0.107 e. The summed E-state index contributed by atoms with van der Waals surface area (Å²) >= 11 is 1.84. The first-order valence-corrected chi connectivity index (χ1v) is 11.4. The van der Waals surface area contributed by atoms with Crippen molar-refractivity contribution >= 4 is 27.7 Å². The second-order valence-corrected chi connectivity index (χ2v) is 10.1.